The normalized spacial score (nSPS) is 17.1. The molecule has 0 radical (unpaired) electrons. The summed E-state index contributed by atoms with van der Waals surface area (Å²) >= 11 is 0. The van der Waals surface area contributed by atoms with Gasteiger partial charge in [0.05, 0.1) is 11.8 Å². The van der Waals surface area contributed by atoms with Gasteiger partial charge in [-0.1, -0.05) is 30.3 Å². The van der Waals surface area contributed by atoms with Crippen molar-refractivity contribution < 1.29 is 14.0 Å². The Kier molecular flexibility index (Phi) is 6.75. The first-order valence-electron chi connectivity index (χ1n) is 12.7. The number of benzene rings is 1. The van der Waals surface area contributed by atoms with E-state index in [0.29, 0.717) is 36.0 Å². The van der Waals surface area contributed by atoms with Crippen LogP contribution in [0.25, 0.3) is 0 Å². The number of hydrogen-bond donors (Lipinski definition) is 1. The third-order valence-corrected chi connectivity index (χ3v) is 7.82. The van der Waals surface area contributed by atoms with E-state index in [2.05, 4.69) is 22.3 Å². The number of carbonyl (C=O) groups excluding carboxylic acids is 2. The number of piperidine rings is 1. The lowest BCUT2D eigenvalue weighted by Gasteiger charge is -2.40. The van der Waals surface area contributed by atoms with Crippen LogP contribution in [0.4, 0.5) is 0 Å². The van der Waals surface area contributed by atoms with Crippen LogP contribution in [0, 0.1) is 12.8 Å². The number of aromatic nitrogens is 2. The quantitative estimate of drug-likeness (QED) is 0.573. The van der Waals surface area contributed by atoms with Gasteiger partial charge in [0.15, 0.2) is 5.69 Å². The lowest BCUT2D eigenvalue weighted by atomic mass is 9.84. The highest BCUT2D eigenvalue weighted by Crippen LogP contribution is 2.30. The number of nitrogens with one attached hydrogen (secondary N) is 1. The number of aromatic amines is 1. The van der Waals surface area contributed by atoms with E-state index < -0.39 is 0 Å². The third-order valence-electron chi connectivity index (χ3n) is 7.82. The van der Waals surface area contributed by atoms with E-state index in [0.717, 1.165) is 56.2 Å². The van der Waals surface area contributed by atoms with Crippen LogP contribution in [0.5, 0.6) is 0 Å². The molecule has 2 amide bonds. The van der Waals surface area contributed by atoms with Crippen molar-refractivity contribution in [3.8, 4) is 0 Å². The molecule has 2 aromatic heterocycles. The summed E-state index contributed by atoms with van der Waals surface area (Å²) in [6.07, 6.45) is 8.26. The van der Waals surface area contributed by atoms with Crippen molar-refractivity contribution in [1.82, 2.24) is 20.0 Å². The maximum atomic E-state index is 13.4. The third kappa shape index (κ3) is 4.77. The van der Waals surface area contributed by atoms with E-state index in [9.17, 15) is 9.59 Å². The lowest BCUT2D eigenvalue weighted by molar-refractivity contribution is 0.0518. The predicted octanol–water partition coefficient (Wildman–Crippen LogP) is 4.43. The van der Waals surface area contributed by atoms with Crippen LogP contribution < -0.4 is 0 Å². The molecule has 0 bridgehead atoms. The van der Waals surface area contributed by atoms with Crippen molar-refractivity contribution in [3.05, 3.63) is 76.5 Å². The van der Waals surface area contributed by atoms with Gasteiger partial charge in [-0.15, -0.1) is 0 Å². The number of hydrogen-bond acceptors (Lipinski definition) is 4. The van der Waals surface area contributed by atoms with Crippen molar-refractivity contribution in [3.63, 3.8) is 0 Å². The van der Waals surface area contributed by atoms with Crippen LogP contribution in [-0.2, 0) is 19.3 Å². The number of aryl methyl sites for hydroxylation is 2. The minimum Gasteiger partial charge on any atom is -0.469 e. The molecule has 7 heteroatoms. The van der Waals surface area contributed by atoms with E-state index in [1.54, 1.807) is 12.3 Å². The Bertz CT molecular complexity index is 1170. The molecule has 35 heavy (non-hydrogen) atoms. The standard InChI is InChI=1S/C28H34N4O3/c1-19-22(14-17-35-19)27(33)31(2)25(18-20-8-4-3-5-9-20)21-12-15-32(16-13-21)28(34)26-23-10-6-7-11-24(23)29-30-26/h3-5,8-9,14,17,21,25H,6-7,10-13,15-16,18H2,1-2H3,(H,29,30). The smallest absolute Gasteiger partial charge is 0.274 e. The molecular formula is C28H34N4O3. The highest BCUT2D eigenvalue weighted by atomic mass is 16.3. The molecule has 1 fully saturated rings. The van der Waals surface area contributed by atoms with E-state index in [1.165, 1.54) is 5.56 Å². The molecule has 1 saturated heterocycles. The van der Waals surface area contributed by atoms with Crippen LogP contribution in [0.3, 0.4) is 0 Å². The summed E-state index contributed by atoms with van der Waals surface area (Å²) in [7, 11) is 1.90. The SMILES string of the molecule is Cc1occc1C(=O)N(C)C(Cc1ccccc1)C1CCN(C(=O)c2n[nH]c3c2CCCC3)CC1. The Hall–Kier alpha value is -3.35. The highest BCUT2D eigenvalue weighted by Gasteiger charge is 2.35. The first kappa shape index (κ1) is 23.4. The molecule has 1 N–H and O–H groups in total. The molecule has 184 valence electrons. The van der Waals surface area contributed by atoms with Crippen molar-refractivity contribution in [2.45, 2.75) is 57.9 Å². The largest absolute Gasteiger partial charge is 0.469 e. The number of likely N-dealkylation sites (N-methyl/N-ethyl adjacent to an activating group) is 1. The molecular weight excluding hydrogens is 440 g/mol. The number of rotatable bonds is 6. The van der Waals surface area contributed by atoms with Crippen LogP contribution in [0.2, 0.25) is 0 Å². The lowest BCUT2D eigenvalue weighted by Crippen LogP contribution is -2.48. The zero-order chi connectivity index (χ0) is 24.4. The molecule has 3 heterocycles. The molecule has 2 aliphatic rings. The Balaban J connectivity index is 1.31. The maximum Gasteiger partial charge on any atom is 0.274 e. The van der Waals surface area contributed by atoms with Crippen LogP contribution >= 0.6 is 0 Å². The van der Waals surface area contributed by atoms with Crippen molar-refractivity contribution in [2.24, 2.45) is 5.92 Å². The first-order chi connectivity index (χ1) is 17.0. The predicted molar refractivity (Wildman–Crippen MR) is 133 cm³/mol. The number of carbonyl (C=O) groups is 2. The molecule has 1 atom stereocenters. The highest BCUT2D eigenvalue weighted by molar-refractivity contribution is 5.95. The zero-order valence-electron chi connectivity index (χ0n) is 20.6. The van der Waals surface area contributed by atoms with Gasteiger partial charge in [-0.3, -0.25) is 14.7 Å². The van der Waals surface area contributed by atoms with Gasteiger partial charge in [-0.05, 0) is 69.4 Å². The maximum absolute atomic E-state index is 13.4. The molecule has 1 aromatic carbocycles. The Morgan fingerprint density at radius 1 is 1.14 bits per heavy atom. The van der Waals surface area contributed by atoms with Gasteiger partial charge in [-0.2, -0.15) is 5.10 Å². The number of nitrogens with zero attached hydrogens (tertiary/aromatic N) is 3. The number of fused-ring (bicyclic) bond motifs is 1. The number of amides is 2. The van der Waals surface area contributed by atoms with E-state index >= 15 is 0 Å². The van der Waals surface area contributed by atoms with Gasteiger partial charge < -0.3 is 14.2 Å². The molecule has 1 unspecified atom stereocenters. The molecule has 5 rings (SSSR count). The van der Waals surface area contributed by atoms with E-state index in [1.807, 2.05) is 42.0 Å². The molecule has 1 aliphatic carbocycles. The van der Waals surface area contributed by atoms with Gasteiger partial charge in [0.2, 0.25) is 0 Å². The van der Waals surface area contributed by atoms with Crippen LogP contribution in [0.1, 0.15) is 69.1 Å². The Morgan fingerprint density at radius 2 is 1.89 bits per heavy atom. The average molecular weight is 475 g/mol. The molecule has 0 saturated carbocycles. The first-order valence-corrected chi connectivity index (χ1v) is 12.7. The summed E-state index contributed by atoms with van der Waals surface area (Å²) in [5.41, 5.74) is 4.68. The van der Waals surface area contributed by atoms with Crippen molar-refractivity contribution >= 4 is 11.8 Å². The van der Waals surface area contributed by atoms with Gasteiger partial charge in [0.1, 0.15) is 5.76 Å². The van der Waals surface area contributed by atoms with Crippen molar-refractivity contribution in [1.29, 1.82) is 0 Å². The number of furan rings is 1. The van der Waals surface area contributed by atoms with Crippen molar-refractivity contribution in [2.75, 3.05) is 20.1 Å². The zero-order valence-corrected chi connectivity index (χ0v) is 20.6. The molecule has 3 aromatic rings. The second-order valence-electron chi connectivity index (χ2n) is 9.93. The summed E-state index contributed by atoms with van der Waals surface area (Å²) in [5.74, 6) is 0.969. The summed E-state index contributed by atoms with van der Waals surface area (Å²) in [6.45, 7) is 3.19. The Labute approximate surface area is 206 Å². The van der Waals surface area contributed by atoms with E-state index in [-0.39, 0.29) is 17.9 Å². The average Bonchev–Trinajstić information content (AvgIpc) is 3.53. The second-order valence-corrected chi connectivity index (χ2v) is 9.93. The molecule has 7 nitrogen and oxygen atoms in total. The van der Waals surface area contributed by atoms with Gasteiger partial charge in [0, 0.05) is 37.4 Å². The monoisotopic (exact) mass is 474 g/mol. The van der Waals surface area contributed by atoms with Crippen LogP contribution in [-0.4, -0.2) is 58.0 Å². The molecule has 0 spiro atoms. The fraction of sp³-hybridized carbons (Fsp3) is 0.464. The number of likely N-dealkylation sites (tertiary alicyclic amines) is 1. The second kappa shape index (κ2) is 10.1. The Morgan fingerprint density at radius 3 is 2.60 bits per heavy atom. The minimum absolute atomic E-state index is 0.0150. The van der Waals surface area contributed by atoms with Gasteiger partial charge in [0.25, 0.3) is 11.8 Å². The van der Waals surface area contributed by atoms with Gasteiger partial charge >= 0.3 is 0 Å². The van der Waals surface area contributed by atoms with Crippen LogP contribution in [0.15, 0.2) is 47.1 Å². The fourth-order valence-corrected chi connectivity index (χ4v) is 5.72. The topological polar surface area (TPSA) is 82.4 Å². The summed E-state index contributed by atoms with van der Waals surface area (Å²) < 4.78 is 5.39. The summed E-state index contributed by atoms with van der Waals surface area (Å²) in [6, 6.07) is 12.1. The molecule has 1 aliphatic heterocycles. The van der Waals surface area contributed by atoms with Gasteiger partial charge in [-0.25, -0.2) is 0 Å². The number of H-pyrrole nitrogens is 1. The van der Waals surface area contributed by atoms with E-state index in [4.69, 9.17) is 4.42 Å². The minimum atomic E-state index is -0.0150. The fourth-order valence-electron chi connectivity index (χ4n) is 5.72. The summed E-state index contributed by atoms with van der Waals surface area (Å²) in [4.78, 5) is 30.5. The summed E-state index contributed by atoms with van der Waals surface area (Å²) in [5, 5.41) is 7.49.